The maximum Gasteiger partial charge on any atom is 0.322 e. The minimum absolute atomic E-state index is 0.0422. The van der Waals surface area contributed by atoms with Crippen molar-refractivity contribution in [2.45, 2.75) is 32.7 Å². The van der Waals surface area contributed by atoms with Crippen molar-refractivity contribution in [3.8, 4) is 0 Å². The fourth-order valence-electron chi connectivity index (χ4n) is 2.05. The summed E-state index contributed by atoms with van der Waals surface area (Å²) >= 11 is 5.88. The first kappa shape index (κ1) is 15.8. The lowest BCUT2D eigenvalue weighted by Gasteiger charge is -2.30. The number of aliphatic hydroxyl groups excluding tert-OH is 1. The van der Waals surface area contributed by atoms with Crippen LogP contribution < -0.4 is 5.32 Å². The Bertz CT molecular complexity index is 408. The van der Waals surface area contributed by atoms with Crippen LogP contribution in [0.2, 0.25) is 5.02 Å². The SMILES string of the molecule is CCC(CC)N(CCO)C(=O)Nc1cccc(Cl)c1. The molecule has 1 aromatic rings. The molecule has 0 fully saturated rings. The van der Waals surface area contributed by atoms with Gasteiger partial charge in [-0.1, -0.05) is 31.5 Å². The zero-order chi connectivity index (χ0) is 14.3. The number of nitrogens with one attached hydrogen (secondary N) is 1. The number of carbonyl (C=O) groups excluding carboxylic acids is 1. The summed E-state index contributed by atoms with van der Waals surface area (Å²) in [5, 5.41) is 12.5. The summed E-state index contributed by atoms with van der Waals surface area (Å²) in [5.74, 6) is 0. The smallest absolute Gasteiger partial charge is 0.322 e. The van der Waals surface area contributed by atoms with Gasteiger partial charge >= 0.3 is 6.03 Å². The molecule has 1 aromatic carbocycles. The number of anilines is 1. The van der Waals surface area contributed by atoms with Crippen LogP contribution in [0.15, 0.2) is 24.3 Å². The normalized spacial score (nSPS) is 10.6. The Morgan fingerprint density at radius 3 is 2.63 bits per heavy atom. The second-order valence-electron chi connectivity index (χ2n) is 4.33. The third-order valence-electron chi connectivity index (χ3n) is 3.06. The van der Waals surface area contributed by atoms with E-state index in [-0.39, 0.29) is 18.7 Å². The molecular weight excluding hydrogens is 264 g/mol. The number of hydrogen-bond donors (Lipinski definition) is 2. The van der Waals surface area contributed by atoms with Gasteiger partial charge in [0.1, 0.15) is 0 Å². The van der Waals surface area contributed by atoms with E-state index in [9.17, 15) is 4.79 Å². The number of hydrogen-bond acceptors (Lipinski definition) is 2. The summed E-state index contributed by atoms with van der Waals surface area (Å²) in [6, 6.07) is 6.95. The highest BCUT2D eigenvalue weighted by atomic mass is 35.5. The van der Waals surface area contributed by atoms with Crippen molar-refractivity contribution in [2.24, 2.45) is 0 Å². The number of nitrogens with zero attached hydrogens (tertiary/aromatic N) is 1. The molecule has 0 spiro atoms. The van der Waals surface area contributed by atoms with E-state index < -0.39 is 0 Å². The predicted octanol–water partition coefficient (Wildman–Crippen LogP) is 3.35. The van der Waals surface area contributed by atoms with Crippen LogP contribution in [0, 0.1) is 0 Å². The molecule has 1 rings (SSSR count). The number of amides is 2. The first-order valence-electron chi connectivity index (χ1n) is 6.56. The van der Waals surface area contributed by atoms with E-state index in [1.165, 1.54) is 0 Å². The molecule has 4 nitrogen and oxygen atoms in total. The minimum atomic E-state index is -0.204. The van der Waals surface area contributed by atoms with Crippen LogP contribution in [0.3, 0.4) is 0 Å². The van der Waals surface area contributed by atoms with Crippen LogP contribution in [0.1, 0.15) is 26.7 Å². The quantitative estimate of drug-likeness (QED) is 0.842. The molecule has 2 amide bonds. The fraction of sp³-hybridized carbons (Fsp3) is 0.500. The Hall–Kier alpha value is -1.26. The van der Waals surface area contributed by atoms with Gasteiger partial charge in [-0.15, -0.1) is 0 Å². The topological polar surface area (TPSA) is 52.6 Å². The zero-order valence-electron chi connectivity index (χ0n) is 11.4. The van der Waals surface area contributed by atoms with Gasteiger partial charge in [-0.25, -0.2) is 4.79 Å². The first-order chi connectivity index (χ1) is 9.12. The van der Waals surface area contributed by atoms with E-state index in [1.54, 1.807) is 29.2 Å². The van der Waals surface area contributed by atoms with Crippen molar-refractivity contribution in [1.29, 1.82) is 0 Å². The second-order valence-corrected chi connectivity index (χ2v) is 4.76. The molecule has 0 aliphatic heterocycles. The third kappa shape index (κ3) is 4.73. The van der Waals surface area contributed by atoms with Crippen molar-refractivity contribution >= 4 is 23.3 Å². The number of benzene rings is 1. The monoisotopic (exact) mass is 284 g/mol. The maximum atomic E-state index is 12.2. The summed E-state index contributed by atoms with van der Waals surface area (Å²) in [7, 11) is 0. The van der Waals surface area contributed by atoms with E-state index in [0.29, 0.717) is 17.3 Å². The van der Waals surface area contributed by atoms with Crippen LogP contribution >= 0.6 is 11.6 Å². The molecule has 2 N–H and O–H groups in total. The van der Waals surface area contributed by atoms with Crippen LogP contribution in [0.5, 0.6) is 0 Å². The summed E-state index contributed by atoms with van der Waals surface area (Å²) in [6.07, 6.45) is 1.72. The molecule has 0 aromatic heterocycles. The number of halogens is 1. The van der Waals surface area contributed by atoms with Gasteiger partial charge in [0.05, 0.1) is 6.61 Å². The average molecular weight is 285 g/mol. The lowest BCUT2D eigenvalue weighted by atomic mass is 10.1. The van der Waals surface area contributed by atoms with Crippen LogP contribution in [-0.2, 0) is 0 Å². The van der Waals surface area contributed by atoms with Gasteiger partial charge in [0, 0.05) is 23.3 Å². The van der Waals surface area contributed by atoms with E-state index in [2.05, 4.69) is 5.32 Å². The standard InChI is InChI=1S/C14H21ClN2O2/c1-3-13(4-2)17(8-9-18)14(19)16-12-7-5-6-11(15)10-12/h5-7,10,13,18H,3-4,8-9H2,1-2H3,(H,16,19). The second kappa shape index (κ2) is 8.02. The Labute approximate surface area is 119 Å². The van der Waals surface area contributed by atoms with E-state index in [4.69, 9.17) is 16.7 Å². The van der Waals surface area contributed by atoms with Gasteiger partial charge < -0.3 is 15.3 Å². The maximum absolute atomic E-state index is 12.2. The van der Waals surface area contributed by atoms with Crippen molar-refractivity contribution in [3.63, 3.8) is 0 Å². The summed E-state index contributed by atoms with van der Waals surface area (Å²) in [6.45, 7) is 4.36. The summed E-state index contributed by atoms with van der Waals surface area (Å²) < 4.78 is 0. The lowest BCUT2D eigenvalue weighted by molar-refractivity contribution is 0.158. The molecule has 0 unspecified atom stereocenters. The average Bonchev–Trinajstić information content (AvgIpc) is 2.39. The third-order valence-corrected chi connectivity index (χ3v) is 3.30. The molecule has 0 aliphatic rings. The van der Waals surface area contributed by atoms with Crippen molar-refractivity contribution in [3.05, 3.63) is 29.3 Å². The van der Waals surface area contributed by atoms with Gasteiger partial charge in [-0.3, -0.25) is 0 Å². The highest BCUT2D eigenvalue weighted by molar-refractivity contribution is 6.30. The van der Waals surface area contributed by atoms with Gasteiger partial charge in [0.15, 0.2) is 0 Å². The predicted molar refractivity (Wildman–Crippen MR) is 78.6 cm³/mol. The Balaban J connectivity index is 2.76. The van der Waals surface area contributed by atoms with Gasteiger partial charge in [-0.2, -0.15) is 0 Å². The van der Waals surface area contributed by atoms with E-state index >= 15 is 0 Å². The molecule has 5 heteroatoms. The molecule has 0 saturated carbocycles. The van der Waals surface area contributed by atoms with Gasteiger partial charge in [0.25, 0.3) is 0 Å². The molecule has 0 aliphatic carbocycles. The first-order valence-corrected chi connectivity index (χ1v) is 6.94. The van der Waals surface area contributed by atoms with Crippen molar-refractivity contribution in [1.82, 2.24) is 4.90 Å². The van der Waals surface area contributed by atoms with Crippen LogP contribution in [0.25, 0.3) is 0 Å². The van der Waals surface area contributed by atoms with E-state index in [1.807, 2.05) is 13.8 Å². The Morgan fingerprint density at radius 1 is 1.42 bits per heavy atom. The van der Waals surface area contributed by atoms with Crippen LogP contribution in [-0.4, -0.2) is 35.2 Å². The Morgan fingerprint density at radius 2 is 2.11 bits per heavy atom. The highest BCUT2D eigenvalue weighted by Crippen LogP contribution is 2.16. The number of urea groups is 1. The van der Waals surface area contributed by atoms with Gasteiger partial charge in [-0.05, 0) is 31.0 Å². The number of rotatable bonds is 6. The van der Waals surface area contributed by atoms with Crippen molar-refractivity contribution in [2.75, 3.05) is 18.5 Å². The molecule has 106 valence electrons. The van der Waals surface area contributed by atoms with Crippen LogP contribution in [0.4, 0.5) is 10.5 Å². The minimum Gasteiger partial charge on any atom is -0.395 e. The molecule has 0 saturated heterocycles. The molecule has 0 heterocycles. The molecule has 19 heavy (non-hydrogen) atoms. The zero-order valence-corrected chi connectivity index (χ0v) is 12.2. The largest absolute Gasteiger partial charge is 0.395 e. The molecule has 0 bridgehead atoms. The number of aliphatic hydroxyl groups is 1. The molecule has 0 atom stereocenters. The van der Waals surface area contributed by atoms with E-state index in [0.717, 1.165) is 12.8 Å². The summed E-state index contributed by atoms with van der Waals surface area (Å²) in [5.41, 5.74) is 0.659. The van der Waals surface area contributed by atoms with Crippen molar-refractivity contribution < 1.29 is 9.90 Å². The lowest BCUT2D eigenvalue weighted by Crippen LogP contribution is -2.44. The molecule has 0 radical (unpaired) electrons. The summed E-state index contributed by atoms with van der Waals surface area (Å²) in [4.78, 5) is 13.9. The Kier molecular flexibility index (Phi) is 6.67. The van der Waals surface area contributed by atoms with Gasteiger partial charge in [0.2, 0.25) is 0 Å². The highest BCUT2D eigenvalue weighted by Gasteiger charge is 2.20. The number of carbonyl (C=O) groups is 1. The fourth-order valence-corrected chi connectivity index (χ4v) is 2.24. The molecular formula is C14H21ClN2O2.